The van der Waals surface area contributed by atoms with Crippen molar-refractivity contribution in [2.75, 3.05) is 16.8 Å². The molecule has 3 aromatic carbocycles. The van der Waals surface area contributed by atoms with E-state index in [1.165, 1.54) is 0 Å². The molecular formula is C34H29Cl2N5O2S. The standard InChI is InChI=1S/C34H29Cl2N5O2S/c1-21-18-27(22(2)40(21)30-16-11-23(35)19-28(30)36)33-32(29-10-6-7-17-37-29)39-34(44)41(33)25-14-12-24(13-15-25)38-31(42)20-43-26-8-4-3-5-9-26/h3-19,32-33H,20H2,1-2H3,(H,38,42)(H,39,44)/t32-,33-/m0/s1. The maximum atomic E-state index is 12.5. The van der Waals surface area contributed by atoms with Gasteiger partial charge in [0, 0.05) is 34.0 Å². The Morgan fingerprint density at radius 2 is 1.73 bits per heavy atom. The fourth-order valence-corrected chi connectivity index (χ4v) is 6.48. The highest BCUT2D eigenvalue weighted by molar-refractivity contribution is 7.80. The minimum Gasteiger partial charge on any atom is -0.484 e. The minimum atomic E-state index is -0.249. The molecular weight excluding hydrogens is 613 g/mol. The molecule has 2 aromatic heterocycles. The number of halogens is 2. The highest BCUT2D eigenvalue weighted by atomic mass is 35.5. The van der Waals surface area contributed by atoms with Gasteiger partial charge in [-0.15, -0.1) is 0 Å². The third-order valence-corrected chi connectivity index (χ3v) is 8.43. The molecule has 1 aliphatic heterocycles. The number of hydrogen-bond donors (Lipinski definition) is 2. The molecule has 3 heterocycles. The van der Waals surface area contributed by atoms with Crippen molar-refractivity contribution in [1.29, 1.82) is 0 Å². The highest BCUT2D eigenvalue weighted by Gasteiger charge is 2.42. The number of rotatable bonds is 8. The summed E-state index contributed by atoms with van der Waals surface area (Å²) >= 11 is 18.8. The van der Waals surface area contributed by atoms with Crippen molar-refractivity contribution in [3.05, 3.63) is 136 Å². The van der Waals surface area contributed by atoms with E-state index in [-0.39, 0.29) is 24.6 Å². The van der Waals surface area contributed by atoms with Crippen molar-refractivity contribution < 1.29 is 9.53 Å². The molecule has 0 saturated carbocycles. The molecule has 1 saturated heterocycles. The Labute approximate surface area is 271 Å². The quantitative estimate of drug-likeness (QED) is 0.167. The summed E-state index contributed by atoms with van der Waals surface area (Å²) in [7, 11) is 0. The number of amides is 1. The van der Waals surface area contributed by atoms with E-state index in [1.54, 1.807) is 12.3 Å². The molecule has 5 aromatic rings. The molecule has 2 atom stereocenters. The predicted molar refractivity (Wildman–Crippen MR) is 180 cm³/mol. The molecule has 0 spiro atoms. The van der Waals surface area contributed by atoms with E-state index in [1.807, 2.05) is 84.9 Å². The molecule has 44 heavy (non-hydrogen) atoms. The zero-order chi connectivity index (χ0) is 30.8. The molecule has 0 aliphatic carbocycles. The Hall–Kier alpha value is -4.37. The number of thiocarbonyl (C=S) groups is 1. The van der Waals surface area contributed by atoms with Crippen LogP contribution >= 0.6 is 35.4 Å². The number of carbonyl (C=O) groups is 1. The van der Waals surface area contributed by atoms with Gasteiger partial charge in [-0.3, -0.25) is 9.78 Å². The summed E-state index contributed by atoms with van der Waals surface area (Å²) in [6.07, 6.45) is 1.79. The number of para-hydroxylation sites is 1. The summed E-state index contributed by atoms with van der Waals surface area (Å²) in [5.74, 6) is 0.389. The molecule has 7 nitrogen and oxygen atoms in total. The Kier molecular flexibility index (Phi) is 8.57. The number of anilines is 2. The lowest BCUT2D eigenvalue weighted by Gasteiger charge is -2.28. The number of nitrogens with one attached hydrogen (secondary N) is 2. The van der Waals surface area contributed by atoms with Crippen LogP contribution in [0.4, 0.5) is 11.4 Å². The lowest BCUT2D eigenvalue weighted by molar-refractivity contribution is -0.118. The second kappa shape index (κ2) is 12.7. The predicted octanol–water partition coefficient (Wildman–Crippen LogP) is 7.99. The Morgan fingerprint density at radius 3 is 2.43 bits per heavy atom. The maximum absolute atomic E-state index is 12.5. The molecule has 1 amide bonds. The van der Waals surface area contributed by atoms with Crippen LogP contribution in [-0.2, 0) is 4.79 Å². The summed E-state index contributed by atoms with van der Waals surface area (Å²) in [5.41, 5.74) is 6.38. The van der Waals surface area contributed by atoms with Crippen molar-refractivity contribution in [2.24, 2.45) is 0 Å². The Balaban J connectivity index is 1.32. The van der Waals surface area contributed by atoms with E-state index in [0.29, 0.717) is 26.6 Å². The largest absolute Gasteiger partial charge is 0.484 e. The van der Waals surface area contributed by atoms with Gasteiger partial charge in [0.15, 0.2) is 11.7 Å². The molecule has 1 fully saturated rings. The van der Waals surface area contributed by atoms with E-state index in [9.17, 15) is 4.79 Å². The Morgan fingerprint density at radius 1 is 0.977 bits per heavy atom. The normalized spacial score (nSPS) is 16.1. The molecule has 2 N–H and O–H groups in total. The van der Waals surface area contributed by atoms with Gasteiger partial charge in [-0.05, 0) is 104 Å². The summed E-state index contributed by atoms with van der Waals surface area (Å²) in [4.78, 5) is 19.3. The summed E-state index contributed by atoms with van der Waals surface area (Å²) in [5, 5.41) is 8.14. The molecule has 1 aliphatic rings. The summed E-state index contributed by atoms with van der Waals surface area (Å²) in [6, 6.07) is 30.0. The number of nitrogens with zero attached hydrogens (tertiary/aromatic N) is 3. The van der Waals surface area contributed by atoms with Crippen molar-refractivity contribution >= 4 is 57.8 Å². The maximum Gasteiger partial charge on any atom is 0.262 e. The van der Waals surface area contributed by atoms with Crippen LogP contribution in [0.5, 0.6) is 5.75 Å². The lowest BCUT2D eigenvalue weighted by atomic mass is 9.96. The van der Waals surface area contributed by atoms with Crippen molar-refractivity contribution in [3.8, 4) is 11.4 Å². The molecule has 0 radical (unpaired) electrons. The number of ether oxygens (including phenoxy) is 1. The zero-order valence-corrected chi connectivity index (χ0v) is 26.3. The van der Waals surface area contributed by atoms with Crippen LogP contribution in [0.25, 0.3) is 5.69 Å². The van der Waals surface area contributed by atoms with Gasteiger partial charge in [-0.1, -0.05) is 47.5 Å². The first-order valence-corrected chi connectivity index (χ1v) is 15.2. The second-order valence-corrected chi connectivity index (χ2v) is 11.7. The van der Waals surface area contributed by atoms with Gasteiger partial charge >= 0.3 is 0 Å². The van der Waals surface area contributed by atoms with Crippen LogP contribution in [0.15, 0.2) is 103 Å². The lowest BCUT2D eigenvalue weighted by Crippen LogP contribution is -2.29. The number of carbonyl (C=O) groups excluding carboxylic acids is 1. The van der Waals surface area contributed by atoms with E-state index in [4.69, 9.17) is 40.2 Å². The molecule has 6 rings (SSSR count). The van der Waals surface area contributed by atoms with Crippen LogP contribution in [-0.4, -0.2) is 27.2 Å². The fourth-order valence-electron chi connectivity index (χ4n) is 5.64. The SMILES string of the molecule is Cc1cc([C@H]2[C@H](c3ccccn3)NC(=S)N2c2ccc(NC(=O)COc3ccccc3)cc2)c(C)n1-c1ccc(Cl)cc1Cl. The molecule has 10 heteroatoms. The Bertz CT molecular complexity index is 1810. The second-order valence-electron chi connectivity index (χ2n) is 10.5. The van der Waals surface area contributed by atoms with Gasteiger partial charge in [0.2, 0.25) is 0 Å². The van der Waals surface area contributed by atoms with Crippen molar-refractivity contribution in [3.63, 3.8) is 0 Å². The number of aryl methyl sites for hydroxylation is 1. The zero-order valence-electron chi connectivity index (χ0n) is 24.0. The van der Waals surface area contributed by atoms with Gasteiger partial charge in [0.25, 0.3) is 5.91 Å². The van der Waals surface area contributed by atoms with Crippen LogP contribution in [0.1, 0.15) is 34.7 Å². The van der Waals surface area contributed by atoms with Crippen LogP contribution < -0.4 is 20.3 Å². The minimum absolute atomic E-state index is 0.0903. The average Bonchev–Trinajstić information content (AvgIpc) is 3.52. The van der Waals surface area contributed by atoms with Gasteiger partial charge in [0.05, 0.1) is 28.5 Å². The highest BCUT2D eigenvalue weighted by Crippen LogP contribution is 2.44. The summed E-state index contributed by atoms with van der Waals surface area (Å²) in [6.45, 7) is 4.05. The topological polar surface area (TPSA) is 71.4 Å². The average molecular weight is 643 g/mol. The van der Waals surface area contributed by atoms with E-state index in [0.717, 1.165) is 34.0 Å². The number of benzene rings is 3. The van der Waals surface area contributed by atoms with Crippen molar-refractivity contribution in [2.45, 2.75) is 25.9 Å². The van der Waals surface area contributed by atoms with Gasteiger partial charge in [-0.2, -0.15) is 0 Å². The third kappa shape index (κ3) is 6.01. The first kappa shape index (κ1) is 29.7. The number of hydrogen-bond acceptors (Lipinski definition) is 4. The van der Waals surface area contributed by atoms with Crippen LogP contribution in [0.3, 0.4) is 0 Å². The van der Waals surface area contributed by atoms with E-state index < -0.39 is 0 Å². The van der Waals surface area contributed by atoms with Gasteiger partial charge < -0.3 is 24.8 Å². The van der Waals surface area contributed by atoms with E-state index in [2.05, 4.69) is 45.0 Å². The summed E-state index contributed by atoms with van der Waals surface area (Å²) < 4.78 is 7.71. The fraction of sp³-hybridized carbons (Fsp3) is 0.147. The molecule has 0 unspecified atom stereocenters. The molecule has 0 bridgehead atoms. The van der Waals surface area contributed by atoms with Crippen LogP contribution in [0, 0.1) is 13.8 Å². The smallest absolute Gasteiger partial charge is 0.262 e. The first-order chi connectivity index (χ1) is 21.3. The van der Waals surface area contributed by atoms with Crippen LogP contribution in [0.2, 0.25) is 10.0 Å². The monoisotopic (exact) mass is 641 g/mol. The molecule has 222 valence electrons. The van der Waals surface area contributed by atoms with Crippen molar-refractivity contribution in [1.82, 2.24) is 14.9 Å². The van der Waals surface area contributed by atoms with Gasteiger partial charge in [-0.25, -0.2) is 0 Å². The third-order valence-electron chi connectivity index (χ3n) is 7.58. The number of aromatic nitrogens is 2. The van der Waals surface area contributed by atoms with Gasteiger partial charge in [0.1, 0.15) is 5.75 Å². The van der Waals surface area contributed by atoms with E-state index >= 15 is 0 Å². The first-order valence-electron chi connectivity index (χ1n) is 14.0. The number of pyridine rings is 1.